The largest absolute Gasteiger partial charge is 0.366 e. The molecular formula is C17H24N2O2. The van der Waals surface area contributed by atoms with E-state index in [4.69, 9.17) is 4.74 Å². The molecule has 1 aromatic rings. The summed E-state index contributed by atoms with van der Waals surface area (Å²) in [5.41, 5.74) is 2.79. The number of fused-ring (bicyclic) bond motifs is 1. The molecule has 0 aromatic heterocycles. The normalized spacial score (nSPS) is 27.7. The first-order valence-electron chi connectivity index (χ1n) is 7.80. The number of benzene rings is 1. The van der Waals surface area contributed by atoms with Crippen LogP contribution in [0.5, 0.6) is 0 Å². The number of morpholine rings is 1. The third kappa shape index (κ3) is 2.97. The SMILES string of the molecule is CC1(C)CCC(NC(=O)C2CNCCO2)c2ccccc21. The van der Waals surface area contributed by atoms with Crippen molar-refractivity contribution in [2.75, 3.05) is 19.7 Å². The van der Waals surface area contributed by atoms with Gasteiger partial charge in [-0.15, -0.1) is 0 Å². The first-order valence-corrected chi connectivity index (χ1v) is 7.80. The molecule has 1 aliphatic heterocycles. The first-order chi connectivity index (χ1) is 10.1. The highest BCUT2D eigenvalue weighted by Crippen LogP contribution is 2.41. The van der Waals surface area contributed by atoms with Gasteiger partial charge in [-0.1, -0.05) is 38.1 Å². The fourth-order valence-corrected chi connectivity index (χ4v) is 3.36. The fraction of sp³-hybridized carbons (Fsp3) is 0.588. The van der Waals surface area contributed by atoms with Crippen LogP contribution in [0.4, 0.5) is 0 Å². The molecule has 2 unspecified atom stereocenters. The third-order valence-corrected chi connectivity index (χ3v) is 4.66. The van der Waals surface area contributed by atoms with Crippen LogP contribution in [-0.4, -0.2) is 31.7 Å². The van der Waals surface area contributed by atoms with Crippen molar-refractivity contribution in [1.82, 2.24) is 10.6 Å². The van der Waals surface area contributed by atoms with Gasteiger partial charge in [0.2, 0.25) is 0 Å². The Labute approximate surface area is 126 Å². The molecule has 4 heteroatoms. The Morgan fingerprint density at radius 3 is 2.95 bits per heavy atom. The lowest BCUT2D eigenvalue weighted by Crippen LogP contribution is -2.49. The highest BCUT2D eigenvalue weighted by atomic mass is 16.5. The summed E-state index contributed by atoms with van der Waals surface area (Å²) < 4.78 is 5.54. The van der Waals surface area contributed by atoms with Crippen LogP contribution in [-0.2, 0) is 14.9 Å². The highest BCUT2D eigenvalue weighted by Gasteiger charge is 2.34. The van der Waals surface area contributed by atoms with Crippen molar-refractivity contribution in [2.24, 2.45) is 0 Å². The maximum Gasteiger partial charge on any atom is 0.250 e. The monoisotopic (exact) mass is 288 g/mol. The number of hydrogen-bond acceptors (Lipinski definition) is 3. The second-order valence-electron chi connectivity index (χ2n) is 6.63. The molecule has 3 rings (SSSR count). The van der Waals surface area contributed by atoms with Crippen LogP contribution in [0, 0.1) is 0 Å². The van der Waals surface area contributed by atoms with Crippen LogP contribution < -0.4 is 10.6 Å². The Kier molecular flexibility index (Phi) is 4.00. The predicted molar refractivity (Wildman–Crippen MR) is 82.2 cm³/mol. The number of ether oxygens (including phenoxy) is 1. The van der Waals surface area contributed by atoms with Crippen LogP contribution in [0.3, 0.4) is 0 Å². The number of amides is 1. The first kappa shape index (κ1) is 14.5. The standard InChI is InChI=1S/C17H24N2O2/c1-17(2)8-7-14(12-5-3-4-6-13(12)17)19-16(20)15-11-18-9-10-21-15/h3-6,14-15,18H,7-11H2,1-2H3,(H,19,20). The van der Waals surface area contributed by atoms with Crippen LogP contribution in [0.25, 0.3) is 0 Å². The van der Waals surface area contributed by atoms with E-state index in [0.717, 1.165) is 19.4 Å². The zero-order chi connectivity index (χ0) is 14.9. The lowest BCUT2D eigenvalue weighted by molar-refractivity contribution is -0.135. The van der Waals surface area contributed by atoms with Gasteiger partial charge in [-0.05, 0) is 29.4 Å². The van der Waals surface area contributed by atoms with Crippen molar-refractivity contribution in [3.63, 3.8) is 0 Å². The topological polar surface area (TPSA) is 50.4 Å². The van der Waals surface area contributed by atoms with Gasteiger partial charge in [0.05, 0.1) is 12.6 Å². The minimum absolute atomic E-state index is 0.00158. The summed E-state index contributed by atoms with van der Waals surface area (Å²) >= 11 is 0. The summed E-state index contributed by atoms with van der Waals surface area (Å²) in [7, 11) is 0. The van der Waals surface area contributed by atoms with E-state index in [-0.39, 0.29) is 23.5 Å². The zero-order valence-electron chi connectivity index (χ0n) is 12.8. The number of carbonyl (C=O) groups is 1. The molecule has 0 radical (unpaired) electrons. The third-order valence-electron chi connectivity index (χ3n) is 4.66. The van der Waals surface area contributed by atoms with Crippen LogP contribution in [0.15, 0.2) is 24.3 Å². The molecule has 4 nitrogen and oxygen atoms in total. The molecule has 1 aromatic carbocycles. The number of carbonyl (C=O) groups excluding carboxylic acids is 1. The van der Waals surface area contributed by atoms with Crippen molar-refractivity contribution < 1.29 is 9.53 Å². The van der Waals surface area contributed by atoms with E-state index in [9.17, 15) is 4.79 Å². The minimum Gasteiger partial charge on any atom is -0.366 e. The molecule has 1 saturated heterocycles. The Morgan fingerprint density at radius 2 is 2.19 bits per heavy atom. The molecule has 2 N–H and O–H groups in total. The number of nitrogens with one attached hydrogen (secondary N) is 2. The van der Waals surface area contributed by atoms with Crippen LogP contribution in [0.2, 0.25) is 0 Å². The summed E-state index contributed by atoms with van der Waals surface area (Å²) in [5, 5.41) is 6.38. The average Bonchev–Trinajstić information content (AvgIpc) is 2.51. The zero-order valence-corrected chi connectivity index (χ0v) is 12.8. The molecule has 0 bridgehead atoms. The summed E-state index contributed by atoms with van der Waals surface area (Å²) in [6.07, 6.45) is 1.70. The van der Waals surface area contributed by atoms with Crippen molar-refractivity contribution >= 4 is 5.91 Å². The van der Waals surface area contributed by atoms with Gasteiger partial charge in [-0.2, -0.15) is 0 Å². The Morgan fingerprint density at radius 1 is 1.38 bits per heavy atom. The summed E-state index contributed by atoms with van der Waals surface area (Å²) in [5.74, 6) is 0.00158. The Bertz CT molecular complexity index is 521. The highest BCUT2D eigenvalue weighted by molar-refractivity contribution is 5.81. The number of rotatable bonds is 2. The molecule has 1 aliphatic carbocycles. The number of hydrogen-bond donors (Lipinski definition) is 2. The van der Waals surface area contributed by atoms with Gasteiger partial charge in [0, 0.05) is 13.1 Å². The second-order valence-corrected chi connectivity index (χ2v) is 6.63. The molecule has 21 heavy (non-hydrogen) atoms. The van der Waals surface area contributed by atoms with E-state index >= 15 is 0 Å². The van der Waals surface area contributed by atoms with Gasteiger partial charge < -0.3 is 15.4 Å². The second kappa shape index (κ2) is 5.78. The van der Waals surface area contributed by atoms with Crippen molar-refractivity contribution in [3.8, 4) is 0 Å². The van der Waals surface area contributed by atoms with E-state index < -0.39 is 0 Å². The molecule has 1 fully saturated rings. The van der Waals surface area contributed by atoms with Gasteiger partial charge in [-0.25, -0.2) is 0 Å². The summed E-state index contributed by atoms with van der Waals surface area (Å²) in [6.45, 7) is 6.58. The van der Waals surface area contributed by atoms with E-state index in [1.54, 1.807) is 0 Å². The van der Waals surface area contributed by atoms with E-state index in [1.807, 2.05) is 0 Å². The van der Waals surface area contributed by atoms with Gasteiger partial charge in [0.1, 0.15) is 6.10 Å². The molecule has 1 heterocycles. The van der Waals surface area contributed by atoms with Gasteiger partial charge in [-0.3, -0.25) is 4.79 Å². The average molecular weight is 288 g/mol. The minimum atomic E-state index is -0.360. The van der Waals surface area contributed by atoms with E-state index in [1.165, 1.54) is 11.1 Å². The van der Waals surface area contributed by atoms with Gasteiger partial charge in [0.15, 0.2) is 0 Å². The van der Waals surface area contributed by atoms with E-state index in [2.05, 4.69) is 48.7 Å². The fourth-order valence-electron chi connectivity index (χ4n) is 3.36. The molecule has 114 valence electrons. The Balaban J connectivity index is 1.76. The Hall–Kier alpha value is -1.39. The molecule has 0 saturated carbocycles. The van der Waals surface area contributed by atoms with Gasteiger partial charge >= 0.3 is 0 Å². The summed E-state index contributed by atoms with van der Waals surface area (Å²) in [6, 6.07) is 8.57. The molecule has 2 atom stereocenters. The molecular weight excluding hydrogens is 264 g/mol. The quantitative estimate of drug-likeness (QED) is 0.874. The smallest absolute Gasteiger partial charge is 0.250 e. The van der Waals surface area contributed by atoms with E-state index in [0.29, 0.717) is 13.2 Å². The molecule has 2 aliphatic rings. The maximum atomic E-state index is 12.4. The molecule has 0 spiro atoms. The lowest BCUT2D eigenvalue weighted by atomic mass is 9.71. The van der Waals surface area contributed by atoms with Crippen LogP contribution >= 0.6 is 0 Å². The van der Waals surface area contributed by atoms with Crippen molar-refractivity contribution in [2.45, 2.75) is 44.2 Å². The summed E-state index contributed by atoms with van der Waals surface area (Å²) in [4.78, 5) is 12.4. The lowest BCUT2D eigenvalue weighted by Gasteiger charge is -2.38. The maximum absolute atomic E-state index is 12.4. The van der Waals surface area contributed by atoms with Crippen molar-refractivity contribution in [3.05, 3.63) is 35.4 Å². The molecule has 1 amide bonds. The predicted octanol–water partition coefficient (Wildman–Crippen LogP) is 1.90. The van der Waals surface area contributed by atoms with Gasteiger partial charge in [0.25, 0.3) is 5.91 Å². The van der Waals surface area contributed by atoms with Crippen LogP contribution in [0.1, 0.15) is 43.9 Å². The van der Waals surface area contributed by atoms with Crippen molar-refractivity contribution in [1.29, 1.82) is 0 Å².